The fourth-order valence-corrected chi connectivity index (χ4v) is 4.19. The number of nitrogens with zero attached hydrogens (tertiary/aromatic N) is 1. The molecule has 0 aliphatic rings. The van der Waals surface area contributed by atoms with Crippen molar-refractivity contribution in [1.82, 2.24) is 4.98 Å². The minimum absolute atomic E-state index is 0.0846. The number of carbonyl (C=O) groups excluding carboxylic acids is 1. The van der Waals surface area contributed by atoms with Crippen molar-refractivity contribution in [3.05, 3.63) is 94.0 Å². The molecule has 3 nitrogen and oxygen atoms in total. The highest BCUT2D eigenvalue weighted by Crippen LogP contribution is 2.25. The molecule has 0 fully saturated rings. The Labute approximate surface area is 162 Å². The zero-order valence-electron chi connectivity index (χ0n) is 15.3. The van der Waals surface area contributed by atoms with Gasteiger partial charge in [-0.1, -0.05) is 48.0 Å². The van der Waals surface area contributed by atoms with Gasteiger partial charge in [0.15, 0.2) is 0 Å². The van der Waals surface area contributed by atoms with Crippen molar-refractivity contribution in [2.45, 2.75) is 20.3 Å². The SMILES string of the molecule is Cc1ccc(NC(=O)c2ccccc2Cc2nc3ccccc3s2)c(C)c1. The number of carbonyl (C=O) groups is 1. The summed E-state index contributed by atoms with van der Waals surface area (Å²) < 4.78 is 1.17. The van der Waals surface area contributed by atoms with Crippen LogP contribution in [0.25, 0.3) is 10.2 Å². The number of thiazole rings is 1. The molecule has 1 aromatic heterocycles. The van der Waals surface area contributed by atoms with Crippen LogP contribution in [0.1, 0.15) is 32.1 Å². The quantitative estimate of drug-likeness (QED) is 0.495. The first-order valence-corrected chi connectivity index (χ1v) is 9.73. The van der Waals surface area contributed by atoms with E-state index in [2.05, 4.69) is 17.4 Å². The maximum atomic E-state index is 12.9. The van der Waals surface area contributed by atoms with Crippen LogP contribution in [0.4, 0.5) is 5.69 Å². The van der Waals surface area contributed by atoms with Crippen LogP contribution in [0, 0.1) is 13.8 Å². The van der Waals surface area contributed by atoms with E-state index in [9.17, 15) is 4.79 Å². The molecule has 27 heavy (non-hydrogen) atoms. The van der Waals surface area contributed by atoms with Gasteiger partial charge in [-0.05, 0) is 49.2 Å². The number of amides is 1. The highest BCUT2D eigenvalue weighted by molar-refractivity contribution is 7.18. The summed E-state index contributed by atoms with van der Waals surface area (Å²) in [6, 6.07) is 21.9. The van der Waals surface area contributed by atoms with E-state index in [0.717, 1.165) is 27.3 Å². The number of hydrogen-bond acceptors (Lipinski definition) is 3. The zero-order chi connectivity index (χ0) is 18.8. The molecule has 0 aliphatic heterocycles. The third kappa shape index (κ3) is 3.76. The van der Waals surface area contributed by atoms with E-state index in [1.165, 1.54) is 10.3 Å². The van der Waals surface area contributed by atoms with Crippen LogP contribution in [-0.2, 0) is 6.42 Å². The summed E-state index contributed by atoms with van der Waals surface area (Å²) in [4.78, 5) is 17.6. The Balaban J connectivity index is 1.61. The van der Waals surface area contributed by atoms with Gasteiger partial charge in [-0.2, -0.15) is 0 Å². The molecule has 3 aromatic carbocycles. The first kappa shape index (κ1) is 17.4. The number of aromatic nitrogens is 1. The molecule has 0 saturated carbocycles. The molecular weight excluding hydrogens is 352 g/mol. The lowest BCUT2D eigenvalue weighted by Crippen LogP contribution is -2.15. The largest absolute Gasteiger partial charge is 0.322 e. The van der Waals surface area contributed by atoms with E-state index < -0.39 is 0 Å². The van der Waals surface area contributed by atoms with E-state index in [1.807, 2.05) is 68.4 Å². The van der Waals surface area contributed by atoms with Gasteiger partial charge in [0, 0.05) is 17.7 Å². The van der Waals surface area contributed by atoms with Crippen molar-refractivity contribution in [1.29, 1.82) is 0 Å². The molecule has 0 saturated heterocycles. The summed E-state index contributed by atoms with van der Waals surface area (Å²) in [6.45, 7) is 4.06. The van der Waals surface area contributed by atoms with Gasteiger partial charge in [-0.25, -0.2) is 4.98 Å². The normalized spacial score (nSPS) is 10.9. The average molecular weight is 372 g/mol. The van der Waals surface area contributed by atoms with Crippen molar-refractivity contribution in [3.8, 4) is 0 Å². The smallest absolute Gasteiger partial charge is 0.255 e. The highest BCUT2D eigenvalue weighted by Gasteiger charge is 2.14. The van der Waals surface area contributed by atoms with E-state index in [-0.39, 0.29) is 5.91 Å². The third-order valence-electron chi connectivity index (χ3n) is 4.57. The molecule has 134 valence electrons. The Morgan fingerprint density at radius 2 is 1.78 bits per heavy atom. The average Bonchev–Trinajstić information content (AvgIpc) is 3.06. The van der Waals surface area contributed by atoms with E-state index >= 15 is 0 Å². The molecular formula is C23H20N2OS. The molecule has 0 aliphatic carbocycles. The molecule has 1 N–H and O–H groups in total. The Hall–Kier alpha value is -2.98. The summed E-state index contributed by atoms with van der Waals surface area (Å²) >= 11 is 1.68. The van der Waals surface area contributed by atoms with Crippen molar-refractivity contribution in [2.75, 3.05) is 5.32 Å². The fourth-order valence-electron chi connectivity index (χ4n) is 3.20. The van der Waals surface area contributed by atoms with Crippen LogP contribution in [-0.4, -0.2) is 10.9 Å². The van der Waals surface area contributed by atoms with Gasteiger partial charge >= 0.3 is 0 Å². The van der Waals surface area contributed by atoms with Crippen LogP contribution in [0.15, 0.2) is 66.7 Å². The third-order valence-corrected chi connectivity index (χ3v) is 5.61. The zero-order valence-corrected chi connectivity index (χ0v) is 16.1. The molecule has 4 aromatic rings. The lowest BCUT2D eigenvalue weighted by Gasteiger charge is -2.12. The minimum atomic E-state index is -0.0846. The minimum Gasteiger partial charge on any atom is -0.322 e. The van der Waals surface area contributed by atoms with Crippen LogP contribution in [0.3, 0.4) is 0 Å². The van der Waals surface area contributed by atoms with Crippen molar-refractivity contribution in [3.63, 3.8) is 0 Å². The van der Waals surface area contributed by atoms with E-state index in [1.54, 1.807) is 11.3 Å². The number of nitrogens with one attached hydrogen (secondary N) is 1. The van der Waals surface area contributed by atoms with Gasteiger partial charge in [-0.15, -0.1) is 11.3 Å². The number of anilines is 1. The maximum absolute atomic E-state index is 12.9. The summed E-state index contributed by atoms with van der Waals surface area (Å²) in [5, 5.41) is 4.07. The molecule has 1 amide bonds. The molecule has 0 spiro atoms. The van der Waals surface area contributed by atoms with Gasteiger partial charge in [0.05, 0.1) is 15.2 Å². The summed E-state index contributed by atoms with van der Waals surface area (Å²) in [5.74, 6) is -0.0846. The molecule has 4 rings (SSSR count). The van der Waals surface area contributed by atoms with Gasteiger partial charge in [0.1, 0.15) is 0 Å². The van der Waals surface area contributed by atoms with Gasteiger partial charge in [0.25, 0.3) is 5.91 Å². The molecule has 1 heterocycles. The molecule has 0 unspecified atom stereocenters. The summed E-state index contributed by atoms with van der Waals surface area (Å²) in [7, 11) is 0. The van der Waals surface area contributed by atoms with Crippen LogP contribution >= 0.6 is 11.3 Å². The van der Waals surface area contributed by atoms with Crippen LogP contribution < -0.4 is 5.32 Å². The van der Waals surface area contributed by atoms with Crippen molar-refractivity contribution in [2.24, 2.45) is 0 Å². The van der Waals surface area contributed by atoms with Crippen LogP contribution in [0.5, 0.6) is 0 Å². The van der Waals surface area contributed by atoms with E-state index in [0.29, 0.717) is 12.0 Å². The Kier molecular flexibility index (Phi) is 4.73. The Bertz CT molecular complexity index is 1100. The van der Waals surface area contributed by atoms with Gasteiger partial charge in [-0.3, -0.25) is 4.79 Å². The molecule has 0 atom stereocenters. The lowest BCUT2D eigenvalue weighted by atomic mass is 10.0. The van der Waals surface area contributed by atoms with E-state index in [4.69, 9.17) is 4.98 Å². The number of para-hydroxylation sites is 1. The highest BCUT2D eigenvalue weighted by atomic mass is 32.1. The van der Waals surface area contributed by atoms with Gasteiger partial charge < -0.3 is 5.32 Å². The number of benzene rings is 3. The second kappa shape index (κ2) is 7.33. The molecule has 0 radical (unpaired) electrons. The van der Waals surface area contributed by atoms with Crippen molar-refractivity contribution < 1.29 is 4.79 Å². The topological polar surface area (TPSA) is 42.0 Å². The lowest BCUT2D eigenvalue weighted by molar-refractivity contribution is 0.102. The maximum Gasteiger partial charge on any atom is 0.255 e. The van der Waals surface area contributed by atoms with Crippen LogP contribution in [0.2, 0.25) is 0 Å². The number of aryl methyl sites for hydroxylation is 2. The monoisotopic (exact) mass is 372 g/mol. The fraction of sp³-hybridized carbons (Fsp3) is 0.130. The van der Waals surface area contributed by atoms with Gasteiger partial charge in [0.2, 0.25) is 0 Å². The first-order valence-electron chi connectivity index (χ1n) is 8.91. The first-order chi connectivity index (χ1) is 13.1. The molecule has 0 bridgehead atoms. The standard InChI is InChI=1S/C23H20N2OS/c1-15-11-12-19(16(2)13-15)25-23(26)18-8-4-3-7-17(18)14-22-24-20-9-5-6-10-21(20)27-22/h3-13H,14H2,1-2H3,(H,25,26). The summed E-state index contributed by atoms with van der Waals surface area (Å²) in [5.41, 5.74) is 5.78. The summed E-state index contributed by atoms with van der Waals surface area (Å²) in [6.07, 6.45) is 0.649. The molecule has 4 heteroatoms. The number of rotatable bonds is 4. The number of fused-ring (bicyclic) bond motifs is 1. The predicted molar refractivity (Wildman–Crippen MR) is 113 cm³/mol. The second-order valence-corrected chi connectivity index (χ2v) is 7.80. The predicted octanol–water partition coefficient (Wildman–Crippen LogP) is 5.76. The Morgan fingerprint density at radius 1 is 1.00 bits per heavy atom. The second-order valence-electron chi connectivity index (χ2n) is 6.68. The Morgan fingerprint density at radius 3 is 2.59 bits per heavy atom. The van der Waals surface area contributed by atoms with Crippen molar-refractivity contribution >= 4 is 33.1 Å². The number of hydrogen-bond donors (Lipinski definition) is 1.